The van der Waals surface area contributed by atoms with Crippen molar-refractivity contribution in [2.24, 2.45) is 0 Å². The summed E-state index contributed by atoms with van der Waals surface area (Å²) in [6, 6.07) is 5.16. The molecule has 1 rings (SSSR count). The highest BCUT2D eigenvalue weighted by Gasteiger charge is 2.24. The highest BCUT2D eigenvalue weighted by molar-refractivity contribution is 7.98. The van der Waals surface area contributed by atoms with Crippen LogP contribution >= 0.6 is 11.8 Å². The summed E-state index contributed by atoms with van der Waals surface area (Å²) < 4.78 is 5.77. The number of rotatable bonds is 8. The van der Waals surface area contributed by atoms with Crippen LogP contribution in [-0.4, -0.2) is 41.6 Å². The topological polar surface area (TPSA) is 75.6 Å². The largest absolute Gasteiger partial charge is 0.483 e. The average molecular weight is 396 g/mol. The molecule has 0 aromatic heterocycles. The molecule has 0 spiro atoms. The lowest BCUT2D eigenvalue weighted by molar-refractivity contribution is -0.142. The second kappa shape index (κ2) is 9.49. The third-order valence-corrected chi connectivity index (χ3v) is 4.90. The van der Waals surface area contributed by atoms with Gasteiger partial charge in [-0.2, -0.15) is 11.8 Å². The number of carbonyl (C=O) groups is 2. The highest BCUT2D eigenvalue weighted by Crippen LogP contribution is 2.35. The Labute approximate surface area is 167 Å². The molecule has 0 saturated carbocycles. The van der Waals surface area contributed by atoms with Gasteiger partial charge in [0.05, 0.1) is 0 Å². The molecular weight excluding hydrogens is 362 g/mol. The number of hydrogen-bond donors (Lipinski definition) is 2. The van der Waals surface area contributed by atoms with Gasteiger partial charge in [-0.15, -0.1) is 0 Å². The highest BCUT2D eigenvalue weighted by atomic mass is 32.2. The van der Waals surface area contributed by atoms with Gasteiger partial charge in [0, 0.05) is 0 Å². The summed E-state index contributed by atoms with van der Waals surface area (Å²) in [4.78, 5) is 23.4. The van der Waals surface area contributed by atoms with Gasteiger partial charge in [-0.3, -0.25) is 4.79 Å². The van der Waals surface area contributed by atoms with Gasteiger partial charge in [0.1, 0.15) is 11.8 Å². The van der Waals surface area contributed by atoms with Crippen LogP contribution in [0, 0.1) is 0 Å². The molecule has 5 nitrogen and oxygen atoms in total. The first-order valence-corrected chi connectivity index (χ1v) is 10.5. The van der Waals surface area contributed by atoms with Crippen molar-refractivity contribution in [2.75, 3.05) is 18.6 Å². The van der Waals surface area contributed by atoms with E-state index in [1.807, 2.05) is 18.4 Å². The molecule has 2 N–H and O–H groups in total. The lowest BCUT2D eigenvalue weighted by Gasteiger charge is -2.27. The second-order valence-corrected chi connectivity index (χ2v) is 9.73. The lowest BCUT2D eigenvalue weighted by Crippen LogP contribution is -2.43. The van der Waals surface area contributed by atoms with Crippen LogP contribution in [0.15, 0.2) is 18.2 Å². The molecule has 0 bridgehead atoms. The van der Waals surface area contributed by atoms with Gasteiger partial charge in [-0.25, -0.2) is 4.79 Å². The predicted octanol–water partition coefficient (Wildman–Crippen LogP) is 3.98. The molecule has 0 fully saturated rings. The Bertz CT molecular complexity index is 659. The van der Waals surface area contributed by atoms with Crippen LogP contribution < -0.4 is 10.1 Å². The minimum absolute atomic E-state index is 0.0158. The first-order chi connectivity index (χ1) is 12.4. The monoisotopic (exact) mass is 395 g/mol. The summed E-state index contributed by atoms with van der Waals surface area (Å²) in [7, 11) is 0. The Morgan fingerprint density at radius 2 is 1.78 bits per heavy atom. The molecule has 0 aliphatic carbocycles. The van der Waals surface area contributed by atoms with E-state index in [1.54, 1.807) is 11.8 Å². The molecule has 0 saturated heterocycles. The van der Waals surface area contributed by atoms with Crippen molar-refractivity contribution in [3.63, 3.8) is 0 Å². The van der Waals surface area contributed by atoms with E-state index in [0.29, 0.717) is 17.9 Å². The van der Waals surface area contributed by atoms with Crippen molar-refractivity contribution in [3.8, 4) is 5.75 Å². The minimum Gasteiger partial charge on any atom is -0.483 e. The Hall–Kier alpha value is -1.69. The first kappa shape index (κ1) is 23.3. The Morgan fingerprint density at radius 1 is 1.15 bits per heavy atom. The fourth-order valence-corrected chi connectivity index (χ4v) is 3.05. The average Bonchev–Trinajstić information content (AvgIpc) is 2.54. The Kier molecular flexibility index (Phi) is 8.21. The van der Waals surface area contributed by atoms with Gasteiger partial charge < -0.3 is 15.2 Å². The number of ether oxygens (including phenoxy) is 1. The summed E-state index contributed by atoms with van der Waals surface area (Å²) in [6.45, 7) is 12.6. The molecule has 0 radical (unpaired) electrons. The standard InChI is InChI=1S/C21H33NO4S/c1-20(2,3)14-8-9-17(15(12-14)21(4,5)6)26-13-18(23)22-16(19(24)25)10-11-27-7/h8-9,12,16H,10-11,13H2,1-7H3,(H,22,23)(H,24,25)/t16-/m0/s1. The van der Waals surface area contributed by atoms with Crippen LogP contribution in [0.25, 0.3) is 0 Å². The molecular formula is C21H33NO4S. The first-order valence-electron chi connectivity index (χ1n) is 9.15. The number of carboxylic acids is 1. The molecule has 27 heavy (non-hydrogen) atoms. The maximum absolute atomic E-state index is 12.2. The van der Waals surface area contributed by atoms with Gasteiger partial charge >= 0.3 is 5.97 Å². The van der Waals surface area contributed by atoms with Crippen molar-refractivity contribution < 1.29 is 19.4 Å². The van der Waals surface area contributed by atoms with Gasteiger partial charge in [0.25, 0.3) is 5.91 Å². The van der Waals surface area contributed by atoms with Crippen LogP contribution in [0.2, 0.25) is 0 Å². The van der Waals surface area contributed by atoms with Crippen LogP contribution in [0.5, 0.6) is 5.75 Å². The van der Waals surface area contributed by atoms with E-state index in [0.717, 1.165) is 5.56 Å². The molecule has 1 atom stereocenters. The Balaban J connectivity index is 2.89. The van der Waals surface area contributed by atoms with E-state index in [1.165, 1.54) is 5.56 Å². The molecule has 0 aliphatic rings. The number of benzene rings is 1. The second-order valence-electron chi connectivity index (χ2n) is 8.74. The van der Waals surface area contributed by atoms with E-state index >= 15 is 0 Å². The van der Waals surface area contributed by atoms with E-state index < -0.39 is 17.9 Å². The number of carboxylic acid groups (broad SMARTS) is 1. The number of nitrogens with one attached hydrogen (secondary N) is 1. The summed E-state index contributed by atoms with van der Waals surface area (Å²) in [5.74, 6) is -0.132. The number of carbonyl (C=O) groups excluding carboxylic acids is 1. The third-order valence-electron chi connectivity index (χ3n) is 4.26. The fraction of sp³-hybridized carbons (Fsp3) is 0.619. The van der Waals surface area contributed by atoms with Crippen molar-refractivity contribution in [1.29, 1.82) is 0 Å². The fourth-order valence-electron chi connectivity index (χ4n) is 2.58. The van der Waals surface area contributed by atoms with Crippen molar-refractivity contribution in [1.82, 2.24) is 5.32 Å². The summed E-state index contributed by atoms with van der Waals surface area (Å²) in [6.07, 6.45) is 2.29. The van der Waals surface area contributed by atoms with E-state index in [-0.39, 0.29) is 17.4 Å². The zero-order valence-corrected chi connectivity index (χ0v) is 18.3. The van der Waals surface area contributed by atoms with Crippen molar-refractivity contribution >= 4 is 23.6 Å². The lowest BCUT2D eigenvalue weighted by atomic mass is 9.80. The van der Waals surface area contributed by atoms with Crippen LogP contribution in [0.3, 0.4) is 0 Å². The number of amides is 1. The number of thioether (sulfide) groups is 1. The van der Waals surface area contributed by atoms with Crippen molar-refractivity contribution in [3.05, 3.63) is 29.3 Å². The molecule has 0 heterocycles. The normalized spacial score (nSPS) is 13.1. The van der Waals surface area contributed by atoms with Crippen LogP contribution in [0.4, 0.5) is 0 Å². The summed E-state index contributed by atoms with van der Waals surface area (Å²) in [5.41, 5.74) is 2.10. The molecule has 1 amide bonds. The SMILES string of the molecule is CSCC[C@H](NC(=O)COc1ccc(C(C)(C)C)cc1C(C)(C)C)C(=O)O. The molecule has 1 aromatic rings. The van der Waals surface area contributed by atoms with Gasteiger partial charge in [0.15, 0.2) is 6.61 Å². The van der Waals surface area contributed by atoms with E-state index in [2.05, 4.69) is 52.9 Å². The molecule has 152 valence electrons. The smallest absolute Gasteiger partial charge is 0.326 e. The molecule has 1 aromatic carbocycles. The maximum Gasteiger partial charge on any atom is 0.326 e. The molecule has 0 unspecified atom stereocenters. The maximum atomic E-state index is 12.2. The minimum atomic E-state index is -1.03. The van der Waals surface area contributed by atoms with Crippen molar-refractivity contribution in [2.45, 2.75) is 64.8 Å². The predicted molar refractivity (Wildman–Crippen MR) is 112 cm³/mol. The number of hydrogen-bond acceptors (Lipinski definition) is 4. The third kappa shape index (κ3) is 7.45. The van der Waals surface area contributed by atoms with Gasteiger partial charge in [-0.05, 0) is 46.5 Å². The van der Waals surface area contributed by atoms with E-state index in [4.69, 9.17) is 4.74 Å². The summed E-state index contributed by atoms with van der Waals surface area (Å²) in [5, 5.41) is 11.8. The van der Waals surface area contributed by atoms with Crippen LogP contribution in [-0.2, 0) is 20.4 Å². The Morgan fingerprint density at radius 3 is 2.26 bits per heavy atom. The van der Waals surface area contributed by atoms with Gasteiger partial charge in [-0.1, -0.05) is 53.7 Å². The molecule has 0 aliphatic heterocycles. The summed E-state index contributed by atoms with van der Waals surface area (Å²) >= 11 is 1.55. The number of aliphatic carboxylic acids is 1. The zero-order chi connectivity index (χ0) is 20.8. The van der Waals surface area contributed by atoms with Crippen LogP contribution in [0.1, 0.15) is 59.1 Å². The quantitative estimate of drug-likeness (QED) is 0.696. The molecule has 6 heteroatoms. The van der Waals surface area contributed by atoms with E-state index in [9.17, 15) is 14.7 Å². The zero-order valence-electron chi connectivity index (χ0n) is 17.5. The van der Waals surface area contributed by atoms with Gasteiger partial charge in [0.2, 0.25) is 0 Å².